The third-order valence-electron chi connectivity index (χ3n) is 3.29. The van der Waals surface area contributed by atoms with Crippen LogP contribution in [0.4, 0.5) is 0 Å². The van der Waals surface area contributed by atoms with Crippen LogP contribution in [0.25, 0.3) is 10.8 Å². The van der Waals surface area contributed by atoms with Gasteiger partial charge in [0.2, 0.25) is 0 Å². The van der Waals surface area contributed by atoms with Crippen molar-refractivity contribution in [1.29, 1.82) is 5.26 Å². The van der Waals surface area contributed by atoms with Crippen LogP contribution in [0.5, 0.6) is 11.5 Å². The largest absolute Gasteiger partial charge is 0.453 e. The van der Waals surface area contributed by atoms with E-state index in [0.29, 0.717) is 11.3 Å². The van der Waals surface area contributed by atoms with E-state index in [0.717, 1.165) is 29.5 Å². The molecule has 1 heterocycles. The minimum absolute atomic E-state index is 0.652. The van der Waals surface area contributed by atoms with Crippen LogP contribution in [0.2, 0.25) is 0 Å². The Hall–Kier alpha value is -2.80. The molecule has 3 aromatic rings. The standard InChI is InChI=1S/C17H15N3O/c1-2-9-20-12-14(11-19-20)21-17-8-7-13(10-18)15-5-3-4-6-16(15)17/h3-8,11-12H,2,9H2,1H3. The quantitative estimate of drug-likeness (QED) is 0.721. The summed E-state index contributed by atoms with van der Waals surface area (Å²) < 4.78 is 7.79. The van der Waals surface area contributed by atoms with Crippen LogP contribution >= 0.6 is 0 Å². The minimum Gasteiger partial charge on any atom is -0.453 e. The molecule has 4 nitrogen and oxygen atoms in total. The molecule has 0 fully saturated rings. The number of benzene rings is 2. The van der Waals surface area contributed by atoms with Crippen molar-refractivity contribution in [2.45, 2.75) is 19.9 Å². The Morgan fingerprint density at radius 2 is 2.00 bits per heavy atom. The number of aromatic nitrogens is 2. The van der Waals surface area contributed by atoms with Crippen LogP contribution < -0.4 is 4.74 Å². The third-order valence-corrected chi connectivity index (χ3v) is 3.29. The predicted octanol–water partition coefficient (Wildman–Crippen LogP) is 4.11. The van der Waals surface area contributed by atoms with Gasteiger partial charge in [-0.2, -0.15) is 10.4 Å². The van der Waals surface area contributed by atoms with Crippen LogP contribution in [0.1, 0.15) is 18.9 Å². The number of ether oxygens (including phenoxy) is 1. The van der Waals surface area contributed by atoms with Gasteiger partial charge in [0, 0.05) is 17.3 Å². The van der Waals surface area contributed by atoms with Crippen molar-refractivity contribution in [2.75, 3.05) is 0 Å². The van der Waals surface area contributed by atoms with Gasteiger partial charge in [0.1, 0.15) is 5.75 Å². The Balaban J connectivity index is 1.99. The van der Waals surface area contributed by atoms with Gasteiger partial charge >= 0.3 is 0 Å². The normalized spacial score (nSPS) is 10.5. The maximum absolute atomic E-state index is 9.17. The Kier molecular flexibility index (Phi) is 3.57. The van der Waals surface area contributed by atoms with Crippen LogP contribution in [0.15, 0.2) is 48.8 Å². The highest BCUT2D eigenvalue weighted by molar-refractivity contribution is 5.92. The molecule has 0 atom stereocenters. The van der Waals surface area contributed by atoms with Gasteiger partial charge in [0.25, 0.3) is 0 Å². The van der Waals surface area contributed by atoms with Crippen molar-refractivity contribution in [3.63, 3.8) is 0 Å². The van der Waals surface area contributed by atoms with Crippen molar-refractivity contribution in [2.24, 2.45) is 0 Å². The zero-order valence-corrected chi connectivity index (χ0v) is 11.8. The molecule has 0 unspecified atom stereocenters. The Morgan fingerprint density at radius 3 is 2.76 bits per heavy atom. The second kappa shape index (κ2) is 5.68. The Morgan fingerprint density at radius 1 is 1.19 bits per heavy atom. The fourth-order valence-electron chi connectivity index (χ4n) is 2.33. The van der Waals surface area contributed by atoms with Gasteiger partial charge in [-0.05, 0) is 18.6 Å². The van der Waals surface area contributed by atoms with E-state index in [4.69, 9.17) is 4.74 Å². The first-order valence-electron chi connectivity index (χ1n) is 6.94. The molecule has 2 aromatic carbocycles. The van der Waals surface area contributed by atoms with E-state index < -0.39 is 0 Å². The smallest absolute Gasteiger partial charge is 0.165 e. The molecule has 4 heteroatoms. The van der Waals surface area contributed by atoms with E-state index in [1.807, 2.05) is 41.2 Å². The average molecular weight is 277 g/mol. The maximum atomic E-state index is 9.17. The number of hydrogen-bond acceptors (Lipinski definition) is 3. The number of fused-ring (bicyclic) bond motifs is 1. The fraction of sp³-hybridized carbons (Fsp3) is 0.176. The summed E-state index contributed by atoms with van der Waals surface area (Å²) in [6.45, 7) is 2.98. The third kappa shape index (κ3) is 2.59. The topological polar surface area (TPSA) is 50.8 Å². The summed E-state index contributed by atoms with van der Waals surface area (Å²) in [6, 6.07) is 13.6. The fourth-order valence-corrected chi connectivity index (χ4v) is 2.33. The van der Waals surface area contributed by atoms with Crippen LogP contribution in [-0.2, 0) is 6.54 Å². The number of aryl methyl sites for hydroxylation is 1. The highest BCUT2D eigenvalue weighted by atomic mass is 16.5. The zero-order chi connectivity index (χ0) is 14.7. The highest BCUT2D eigenvalue weighted by Crippen LogP contribution is 2.31. The van der Waals surface area contributed by atoms with Gasteiger partial charge in [0.05, 0.1) is 24.0 Å². The van der Waals surface area contributed by atoms with Crippen molar-refractivity contribution >= 4 is 10.8 Å². The molecule has 0 saturated carbocycles. The Bertz CT molecular complexity index is 814. The summed E-state index contributed by atoms with van der Waals surface area (Å²) in [5, 5.41) is 15.3. The van der Waals surface area contributed by atoms with Gasteiger partial charge in [-0.1, -0.05) is 31.2 Å². The van der Waals surface area contributed by atoms with Crippen molar-refractivity contribution < 1.29 is 4.74 Å². The average Bonchev–Trinajstić information content (AvgIpc) is 2.95. The first-order valence-corrected chi connectivity index (χ1v) is 6.94. The lowest BCUT2D eigenvalue weighted by Crippen LogP contribution is -1.95. The Labute approximate surface area is 123 Å². The van der Waals surface area contributed by atoms with E-state index in [1.54, 1.807) is 12.3 Å². The van der Waals surface area contributed by atoms with E-state index in [-0.39, 0.29) is 0 Å². The summed E-state index contributed by atoms with van der Waals surface area (Å²) in [7, 11) is 0. The SMILES string of the molecule is CCCn1cc(Oc2ccc(C#N)c3ccccc23)cn1. The molecule has 0 spiro atoms. The number of nitriles is 1. The molecule has 0 N–H and O–H groups in total. The number of hydrogen-bond donors (Lipinski definition) is 0. The molecule has 104 valence electrons. The van der Waals surface area contributed by atoms with Gasteiger partial charge in [-0.15, -0.1) is 0 Å². The molecule has 0 aliphatic carbocycles. The van der Waals surface area contributed by atoms with E-state index >= 15 is 0 Å². The summed E-state index contributed by atoms with van der Waals surface area (Å²) >= 11 is 0. The molecule has 0 aliphatic heterocycles. The van der Waals surface area contributed by atoms with Gasteiger partial charge < -0.3 is 4.74 Å². The molecule has 1 aromatic heterocycles. The van der Waals surface area contributed by atoms with E-state index in [1.165, 1.54) is 0 Å². The number of rotatable bonds is 4. The summed E-state index contributed by atoms with van der Waals surface area (Å²) in [5.74, 6) is 1.44. The first-order chi connectivity index (χ1) is 10.3. The molecule has 0 bridgehead atoms. The van der Waals surface area contributed by atoms with E-state index in [2.05, 4.69) is 18.1 Å². The predicted molar refractivity (Wildman–Crippen MR) is 81.3 cm³/mol. The molecule has 0 saturated heterocycles. The van der Waals surface area contributed by atoms with Crippen LogP contribution in [-0.4, -0.2) is 9.78 Å². The van der Waals surface area contributed by atoms with Crippen LogP contribution in [0.3, 0.4) is 0 Å². The molecule has 3 rings (SSSR count). The second-order valence-electron chi connectivity index (χ2n) is 4.81. The van der Waals surface area contributed by atoms with Gasteiger partial charge in [-0.3, -0.25) is 4.68 Å². The lowest BCUT2D eigenvalue weighted by Gasteiger charge is -2.08. The van der Waals surface area contributed by atoms with Crippen molar-refractivity contribution in [3.8, 4) is 17.6 Å². The molecule has 0 radical (unpaired) electrons. The number of nitrogens with zero attached hydrogens (tertiary/aromatic N) is 3. The first kappa shape index (κ1) is 13.2. The summed E-state index contributed by atoms with van der Waals surface area (Å²) in [6.07, 6.45) is 4.63. The van der Waals surface area contributed by atoms with E-state index in [9.17, 15) is 5.26 Å². The summed E-state index contributed by atoms with van der Waals surface area (Å²) in [5.41, 5.74) is 0.652. The lowest BCUT2D eigenvalue weighted by molar-refractivity contribution is 0.486. The summed E-state index contributed by atoms with van der Waals surface area (Å²) in [4.78, 5) is 0. The molecule has 0 amide bonds. The van der Waals surface area contributed by atoms with Gasteiger partial charge in [-0.25, -0.2) is 0 Å². The molecular weight excluding hydrogens is 262 g/mol. The molecule has 21 heavy (non-hydrogen) atoms. The molecule has 0 aliphatic rings. The highest BCUT2D eigenvalue weighted by Gasteiger charge is 2.08. The zero-order valence-electron chi connectivity index (χ0n) is 11.8. The van der Waals surface area contributed by atoms with Crippen molar-refractivity contribution in [3.05, 3.63) is 54.4 Å². The van der Waals surface area contributed by atoms with Crippen LogP contribution in [0, 0.1) is 11.3 Å². The minimum atomic E-state index is 0.652. The monoisotopic (exact) mass is 277 g/mol. The lowest BCUT2D eigenvalue weighted by atomic mass is 10.0. The van der Waals surface area contributed by atoms with Crippen molar-refractivity contribution in [1.82, 2.24) is 9.78 Å². The second-order valence-corrected chi connectivity index (χ2v) is 4.81. The molecular formula is C17H15N3O. The van der Waals surface area contributed by atoms with Gasteiger partial charge in [0.15, 0.2) is 5.75 Å². The maximum Gasteiger partial charge on any atom is 0.165 e.